The van der Waals surface area contributed by atoms with E-state index in [1.165, 1.54) is 28.1 Å². The van der Waals surface area contributed by atoms with Crippen molar-refractivity contribution in [3.63, 3.8) is 0 Å². The van der Waals surface area contributed by atoms with Crippen molar-refractivity contribution in [2.24, 2.45) is 0 Å². The normalized spacial score (nSPS) is 16.0. The van der Waals surface area contributed by atoms with Crippen molar-refractivity contribution in [1.29, 1.82) is 0 Å². The number of pyridine rings is 1. The summed E-state index contributed by atoms with van der Waals surface area (Å²) in [5, 5.41) is 3.33. The lowest BCUT2D eigenvalue weighted by atomic mass is 10.0. The fourth-order valence-electron chi connectivity index (χ4n) is 3.64. The van der Waals surface area contributed by atoms with Crippen LogP contribution in [0.1, 0.15) is 27.7 Å². The van der Waals surface area contributed by atoms with Crippen molar-refractivity contribution in [3.8, 4) is 11.3 Å². The summed E-state index contributed by atoms with van der Waals surface area (Å²) >= 11 is 1.40. The van der Waals surface area contributed by atoms with Crippen molar-refractivity contribution in [3.05, 3.63) is 58.7 Å². The molecule has 1 aliphatic heterocycles. The molecule has 1 aliphatic rings. The van der Waals surface area contributed by atoms with Crippen LogP contribution in [0.2, 0.25) is 0 Å². The highest BCUT2D eigenvalue weighted by Crippen LogP contribution is 2.38. The molecule has 0 saturated heterocycles. The van der Waals surface area contributed by atoms with Crippen LogP contribution in [0.25, 0.3) is 11.3 Å². The molecule has 0 fully saturated rings. The average Bonchev–Trinajstić information content (AvgIpc) is 3.19. The monoisotopic (exact) mass is 428 g/mol. The number of fused-ring (bicyclic) bond motifs is 1. The molecule has 0 radical (unpaired) electrons. The number of rotatable bonds is 4. The molecule has 3 aromatic rings. The van der Waals surface area contributed by atoms with Gasteiger partial charge in [-0.3, -0.25) is 19.4 Å². The largest absolute Gasteiger partial charge is 0.298 e. The smallest absolute Gasteiger partial charge is 0.259 e. The summed E-state index contributed by atoms with van der Waals surface area (Å²) in [7, 11) is -3.32. The fourth-order valence-corrected chi connectivity index (χ4v) is 5.73. The van der Waals surface area contributed by atoms with E-state index in [1.807, 2.05) is 32.0 Å². The molecule has 29 heavy (non-hydrogen) atoms. The summed E-state index contributed by atoms with van der Waals surface area (Å²) in [5.41, 5.74) is 3.86. The van der Waals surface area contributed by atoms with Crippen LogP contribution in [-0.2, 0) is 16.4 Å². The molecule has 4 rings (SSSR count). The number of nitrogens with zero attached hydrogens (tertiary/aromatic N) is 3. The van der Waals surface area contributed by atoms with Gasteiger partial charge in [0.25, 0.3) is 5.91 Å². The number of aromatic nitrogens is 2. The lowest BCUT2D eigenvalue weighted by Crippen LogP contribution is -2.34. The molecule has 1 unspecified atom stereocenters. The minimum Gasteiger partial charge on any atom is -0.298 e. The van der Waals surface area contributed by atoms with Gasteiger partial charge in [0.05, 0.1) is 23.2 Å². The van der Waals surface area contributed by atoms with Crippen molar-refractivity contribution in [2.45, 2.75) is 26.3 Å². The third kappa shape index (κ3) is 3.75. The highest BCUT2D eigenvalue weighted by atomic mass is 32.2. The van der Waals surface area contributed by atoms with Crippen LogP contribution in [0.4, 0.5) is 10.8 Å². The molecular formula is C20H20N4O3S2. The molecule has 0 saturated carbocycles. The van der Waals surface area contributed by atoms with E-state index in [4.69, 9.17) is 0 Å². The maximum atomic E-state index is 12.3. The number of hydrogen-bond donors (Lipinski definition) is 1. The third-order valence-corrected chi connectivity index (χ3v) is 6.96. The van der Waals surface area contributed by atoms with Gasteiger partial charge in [0.15, 0.2) is 5.13 Å². The molecule has 1 atom stereocenters. The van der Waals surface area contributed by atoms with E-state index in [0.29, 0.717) is 17.1 Å². The molecule has 0 aliphatic carbocycles. The Balaban J connectivity index is 1.62. The second kappa shape index (κ2) is 7.23. The highest BCUT2D eigenvalue weighted by molar-refractivity contribution is 7.92. The predicted molar refractivity (Wildman–Crippen MR) is 115 cm³/mol. The Morgan fingerprint density at radius 3 is 2.79 bits per heavy atom. The van der Waals surface area contributed by atoms with Crippen LogP contribution >= 0.6 is 11.3 Å². The van der Waals surface area contributed by atoms with Crippen LogP contribution in [0, 0.1) is 6.92 Å². The number of amides is 1. The van der Waals surface area contributed by atoms with Gasteiger partial charge in [-0.25, -0.2) is 13.4 Å². The van der Waals surface area contributed by atoms with E-state index in [2.05, 4.69) is 15.3 Å². The van der Waals surface area contributed by atoms with Gasteiger partial charge in [-0.1, -0.05) is 6.07 Å². The van der Waals surface area contributed by atoms with Crippen molar-refractivity contribution < 1.29 is 13.2 Å². The summed E-state index contributed by atoms with van der Waals surface area (Å²) in [6, 6.07) is 9.00. The van der Waals surface area contributed by atoms with Gasteiger partial charge >= 0.3 is 0 Å². The Bertz CT molecular complexity index is 1190. The first-order valence-electron chi connectivity index (χ1n) is 9.05. The molecule has 7 nitrogen and oxygen atoms in total. The fraction of sp³-hybridized carbons (Fsp3) is 0.250. The minimum atomic E-state index is -3.32. The van der Waals surface area contributed by atoms with E-state index in [-0.39, 0.29) is 11.9 Å². The Labute approximate surface area is 173 Å². The number of hydrogen-bond acceptors (Lipinski definition) is 6. The van der Waals surface area contributed by atoms with E-state index < -0.39 is 10.0 Å². The van der Waals surface area contributed by atoms with Crippen LogP contribution in [0.5, 0.6) is 0 Å². The molecule has 0 bridgehead atoms. The lowest BCUT2D eigenvalue weighted by molar-refractivity contribution is 0.102. The average molecular weight is 429 g/mol. The number of sulfonamides is 1. The zero-order valence-electron chi connectivity index (χ0n) is 16.2. The molecule has 150 valence electrons. The van der Waals surface area contributed by atoms with Gasteiger partial charge in [0.2, 0.25) is 10.0 Å². The molecule has 0 spiro atoms. The number of carbonyl (C=O) groups is 1. The predicted octanol–water partition coefficient (Wildman–Crippen LogP) is 3.48. The topological polar surface area (TPSA) is 92.3 Å². The van der Waals surface area contributed by atoms with Crippen molar-refractivity contribution in [2.75, 3.05) is 15.9 Å². The van der Waals surface area contributed by atoms with Gasteiger partial charge in [-0.2, -0.15) is 0 Å². The molecule has 2 aromatic heterocycles. The SMILES string of the molecule is Cc1sc(NC(=O)c2cccnc2)nc1-c1ccc2c(c1)CC(C)N2S(C)(=O)=O. The number of thiazole rings is 1. The number of anilines is 2. The van der Waals surface area contributed by atoms with Gasteiger partial charge in [-0.05, 0) is 50.1 Å². The second-order valence-electron chi connectivity index (χ2n) is 7.08. The Kier molecular flexibility index (Phi) is 4.87. The first-order chi connectivity index (χ1) is 13.7. The van der Waals surface area contributed by atoms with E-state index >= 15 is 0 Å². The summed E-state index contributed by atoms with van der Waals surface area (Å²) in [5.74, 6) is -0.259. The maximum absolute atomic E-state index is 12.3. The molecule has 1 aromatic carbocycles. The number of aryl methyl sites for hydroxylation is 1. The third-order valence-electron chi connectivity index (χ3n) is 4.80. The lowest BCUT2D eigenvalue weighted by Gasteiger charge is -2.21. The number of nitrogens with one attached hydrogen (secondary N) is 1. The zero-order chi connectivity index (χ0) is 20.8. The van der Waals surface area contributed by atoms with Crippen LogP contribution < -0.4 is 9.62 Å². The van der Waals surface area contributed by atoms with Crippen LogP contribution in [0.15, 0.2) is 42.7 Å². The molecule has 1 amide bonds. The maximum Gasteiger partial charge on any atom is 0.259 e. The Morgan fingerprint density at radius 2 is 2.10 bits per heavy atom. The zero-order valence-corrected chi connectivity index (χ0v) is 17.8. The standard InChI is InChI=1S/C20H20N4O3S2/c1-12-9-16-10-14(6-7-17(16)24(12)29(3,26)27)18-13(2)28-20(22-18)23-19(25)15-5-4-8-21-11-15/h4-8,10-12H,9H2,1-3H3,(H,22,23,25). The van der Waals surface area contributed by atoms with Gasteiger partial charge < -0.3 is 0 Å². The summed E-state index contributed by atoms with van der Waals surface area (Å²) in [4.78, 5) is 21.9. The van der Waals surface area contributed by atoms with Gasteiger partial charge in [-0.15, -0.1) is 11.3 Å². The van der Waals surface area contributed by atoms with Gasteiger partial charge in [0.1, 0.15) is 0 Å². The first kappa shape index (κ1) is 19.5. The second-order valence-corrected chi connectivity index (χ2v) is 10.1. The number of carbonyl (C=O) groups excluding carboxylic acids is 1. The number of benzene rings is 1. The van der Waals surface area contributed by atoms with E-state index in [1.54, 1.807) is 18.3 Å². The van der Waals surface area contributed by atoms with Crippen LogP contribution in [0.3, 0.4) is 0 Å². The summed E-state index contributed by atoms with van der Waals surface area (Å²) in [6.45, 7) is 3.85. The molecular weight excluding hydrogens is 408 g/mol. The van der Waals surface area contributed by atoms with E-state index in [0.717, 1.165) is 27.4 Å². The summed E-state index contributed by atoms with van der Waals surface area (Å²) < 4.78 is 25.7. The van der Waals surface area contributed by atoms with Crippen molar-refractivity contribution >= 4 is 38.1 Å². The Morgan fingerprint density at radius 1 is 1.31 bits per heavy atom. The molecule has 9 heteroatoms. The van der Waals surface area contributed by atoms with E-state index in [9.17, 15) is 13.2 Å². The summed E-state index contributed by atoms with van der Waals surface area (Å²) in [6.07, 6.45) is 5.01. The van der Waals surface area contributed by atoms with Gasteiger partial charge in [0, 0.05) is 28.9 Å². The molecule has 3 heterocycles. The Hall–Kier alpha value is -2.78. The first-order valence-corrected chi connectivity index (χ1v) is 11.7. The minimum absolute atomic E-state index is 0.110. The quantitative estimate of drug-likeness (QED) is 0.687. The van der Waals surface area contributed by atoms with Crippen molar-refractivity contribution in [1.82, 2.24) is 9.97 Å². The highest BCUT2D eigenvalue weighted by Gasteiger charge is 2.32. The molecule has 1 N–H and O–H groups in total. The van der Waals surface area contributed by atoms with Crippen LogP contribution in [-0.4, -0.2) is 36.6 Å².